The molecule has 1 aromatic carbocycles. The molecular formula is C17H24N2S. The molecule has 0 amide bonds. The minimum Gasteiger partial charge on any atom is -0.301 e. The van der Waals surface area contributed by atoms with Gasteiger partial charge >= 0.3 is 0 Å². The molecule has 2 rings (SSSR count). The SMILES string of the molecule is CCC(NC(CC(C)C)c1ccccc1)c1nccs1. The molecule has 0 saturated heterocycles. The quantitative estimate of drug-likeness (QED) is 0.778. The first kappa shape index (κ1) is 15.2. The molecule has 0 aliphatic rings. The van der Waals surface area contributed by atoms with Gasteiger partial charge in [-0.2, -0.15) is 0 Å². The Morgan fingerprint density at radius 1 is 1.15 bits per heavy atom. The second-order valence-electron chi connectivity index (χ2n) is 5.59. The molecule has 3 heteroatoms. The molecule has 0 aliphatic carbocycles. The molecule has 0 spiro atoms. The Morgan fingerprint density at radius 3 is 2.45 bits per heavy atom. The zero-order valence-electron chi connectivity index (χ0n) is 12.5. The summed E-state index contributed by atoms with van der Waals surface area (Å²) in [6, 6.07) is 11.5. The molecule has 2 atom stereocenters. The van der Waals surface area contributed by atoms with Crippen molar-refractivity contribution >= 4 is 11.3 Å². The Bertz CT molecular complexity index is 479. The molecule has 1 aromatic heterocycles. The monoisotopic (exact) mass is 288 g/mol. The lowest BCUT2D eigenvalue weighted by Gasteiger charge is -2.26. The first-order chi connectivity index (χ1) is 9.70. The van der Waals surface area contributed by atoms with Crippen LogP contribution in [0.5, 0.6) is 0 Å². The summed E-state index contributed by atoms with van der Waals surface area (Å²) in [4.78, 5) is 4.47. The topological polar surface area (TPSA) is 24.9 Å². The van der Waals surface area contributed by atoms with E-state index in [9.17, 15) is 0 Å². The van der Waals surface area contributed by atoms with Gasteiger partial charge in [-0.15, -0.1) is 11.3 Å². The van der Waals surface area contributed by atoms with Crippen LogP contribution in [0.25, 0.3) is 0 Å². The van der Waals surface area contributed by atoms with E-state index in [0.29, 0.717) is 18.0 Å². The van der Waals surface area contributed by atoms with Crippen molar-refractivity contribution in [2.75, 3.05) is 0 Å². The van der Waals surface area contributed by atoms with Crippen molar-refractivity contribution in [1.82, 2.24) is 10.3 Å². The van der Waals surface area contributed by atoms with Crippen LogP contribution in [-0.2, 0) is 0 Å². The first-order valence-electron chi connectivity index (χ1n) is 7.41. The van der Waals surface area contributed by atoms with Crippen molar-refractivity contribution in [3.63, 3.8) is 0 Å². The van der Waals surface area contributed by atoms with Gasteiger partial charge in [0.05, 0.1) is 6.04 Å². The summed E-state index contributed by atoms with van der Waals surface area (Å²) >= 11 is 1.74. The largest absolute Gasteiger partial charge is 0.301 e. The minimum atomic E-state index is 0.346. The average molecular weight is 288 g/mol. The Labute approximate surface area is 126 Å². The normalized spacial score (nSPS) is 14.4. The number of thiazole rings is 1. The third-order valence-electron chi connectivity index (χ3n) is 3.47. The van der Waals surface area contributed by atoms with Crippen LogP contribution in [0.3, 0.4) is 0 Å². The highest BCUT2D eigenvalue weighted by molar-refractivity contribution is 7.09. The van der Waals surface area contributed by atoms with E-state index in [1.165, 1.54) is 10.6 Å². The summed E-state index contributed by atoms with van der Waals surface area (Å²) in [5, 5.41) is 7.05. The molecule has 0 saturated carbocycles. The van der Waals surface area contributed by atoms with Gasteiger partial charge in [0.15, 0.2) is 0 Å². The molecule has 1 N–H and O–H groups in total. The van der Waals surface area contributed by atoms with E-state index in [0.717, 1.165) is 12.8 Å². The van der Waals surface area contributed by atoms with Gasteiger partial charge in [0.2, 0.25) is 0 Å². The number of nitrogens with one attached hydrogen (secondary N) is 1. The van der Waals surface area contributed by atoms with E-state index in [1.807, 2.05) is 6.20 Å². The van der Waals surface area contributed by atoms with Crippen molar-refractivity contribution in [3.05, 3.63) is 52.5 Å². The highest BCUT2D eigenvalue weighted by Gasteiger charge is 2.19. The van der Waals surface area contributed by atoms with Crippen LogP contribution in [0.4, 0.5) is 0 Å². The molecule has 2 unspecified atom stereocenters. The lowest BCUT2D eigenvalue weighted by atomic mass is 9.96. The number of aromatic nitrogens is 1. The molecular weight excluding hydrogens is 264 g/mol. The number of nitrogens with zero attached hydrogens (tertiary/aromatic N) is 1. The average Bonchev–Trinajstić information content (AvgIpc) is 2.98. The number of rotatable bonds is 7. The Morgan fingerprint density at radius 2 is 1.90 bits per heavy atom. The van der Waals surface area contributed by atoms with Gasteiger partial charge < -0.3 is 5.32 Å². The van der Waals surface area contributed by atoms with Crippen LogP contribution in [0.15, 0.2) is 41.9 Å². The fourth-order valence-electron chi connectivity index (χ4n) is 2.47. The highest BCUT2D eigenvalue weighted by Crippen LogP contribution is 2.27. The van der Waals surface area contributed by atoms with Gasteiger partial charge in [-0.3, -0.25) is 0 Å². The zero-order valence-corrected chi connectivity index (χ0v) is 13.4. The smallest absolute Gasteiger partial charge is 0.109 e. The second kappa shape index (κ2) is 7.55. The summed E-state index contributed by atoms with van der Waals surface area (Å²) in [6.45, 7) is 6.78. The van der Waals surface area contributed by atoms with Crippen LogP contribution < -0.4 is 5.32 Å². The third-order valence-corrected chi connectivity index (χ3v) is 4.36. The van der Waals surface area contributed by atoms with Crippen LogP contribution in [0.1, 0.15) is 56.3 Å². The molecule has 0 radical (unpaired) electrons. The fourth-order valence-corrected chi connectivity index (χ4v) is 3.25. The van der Waals surface area contributed by atoms with Gasteiger partial charge in [-0.25, -0.2) is 4.98 Å². The summed E-state index contributed by atoms with van der Waals surface area (Å²) in [5.41, 5.74) is 1.37. The van der Waals surface area contributed by atoms with Crippen molar-refractivity contribution < 1.29 is 0 Å². The van der Waals surface area contributed by atoms with Gasteiger partial charge in [0.1, 0.15) is 5.01 Å². The summed E-state index contributed by atoms with van der Waals surface area (Å²) in [5.74, 6) is 0.668. The Balaban J connectivity index is 2.15. The van der Waals surface area contributed by atoms with Crippen LogP contribution >= 0.6 is 11.3 Å². The molecule has 0 bridgehead atoms. The third kappa shape index (κ3) is 4.15. The maximum atomic E-state index is 4.47. The predicted octanol–water partition coefficient (Wildman–Crippen LogP) is 4.97. The van der Waals surface area contributed by atoms with E-state index < -0.39 is 0 Å². The van der Waals surface area contributed by atoms with Crippen LogP contribution in [-0.4, -0.2) is 4.98 Å². The first-order valence-corrected chi connectivity index (χ1v) is 8.29. The van der Waals surface area contributed by atoms with E-state index in [4.69, 9.17) is 0 Å². The number of hydrogen-bond donors (Lipinski definition) is 1. The maximum absolute atomic E-state index is 4.47. The highest BCUT2D eigenvalue weighted by atomic mass is 32.1. The van der Waals surface area contributed by atoms with Crippen molar-refractivity contribution in [3.8, 4) is 0 Å². The Kier molecular flexibility index (Phi) is 5.74. The zero-order chi connectivity index (χ0) is 14.4. The fraction of sp³-hybridized carbons (Fsp3) is 0.471. The minimum absolute atomic E-state index is 0.346. The summed E-state index contributed by atoms with van der Waals surface area (Å²) in [7, 11) is 0. The maximum Gasteiger partial charge on any atom is 0.109 e. The van der Waals surface area contributed by atoms with Crippen molar-refractivity contribution in [1.29, 1.82) is 0 Å². The molecule has 0 fully saturated rings. The molecule has 20 heavy (non-hydrogen) atoms. The van der Waals surface area contributed by atoms with E-state index in [1.54, 1.807) is 11.3 Å². The van der Waals surface area contributed by atoms with E-state index >= 15 is 0 Å². The standard InChI is InChI=1S/C17H24N2S/c1-4-15(17-18-10-11-20-17)19-16(12-13(2)3)14-8-6-5-7-9-14/h5-11,13,15-16,19H,4,12H2,1-3H3. The van der Waals surface area contributed by atoms with Crippen molar-refractivity contribution in [2.24, 2.45) is 5.92 Å². The van der Waals surface area contributed by atoms with Gasteiger partial charge in [0, 0.05) is 17.6 Å². The van der Waals surface area contributed by atoms with Gasteiger partial charge in [0.25, 0.3) is 0 Å². The van der Waals surface area contributed by atoms with Crippen LogP contribution in [0.2, 0.25) is 0 Å². The molecule has 2 nitrogen and oxygen atoms in total. The lowest BCUT2D eigenvalue weighted by Crippen LogP contribution is -2.27. The summed E-state index contributed by atoms with van der Waals surface area (Å²) in [6.07, 6.45) is 4.10. The second-order valence-corrected chi connectivity index (χ2v) is 6.52. The van der Waals surface area contributed by atoms with E-state index in [-0.39, 0.29) is 0 Å². The van der Waals surface area contributed by atoms with E-state index in [2.05, 4.69) is 66.8 Å². The lowest BCUT2D eigenvalue weighted by molar-refractivity contribution is 0.375. The number of hydrogen-bond acceptors (Lipinski definition) is 3. The Hall–Kier alpha value is -1.19. The van der Waals surface area contributed by atoms with Gasteiger partial charge in [-0.05, 0) is 24.3 Å². The molecule has 2 aromatic rings. The molecule has 108 valence electrons. The van der Waals surface area contributed by atoms with Crippen LogP contribution in [0, 0.1) is 5.92 Å². The molecule has 1 heterocycles. The van der Waals surface area contributed by atoms with Gasteiger partial charge in [-0.1, -0.05) is 51.1 Å². The number of benzene rings is 1. The summed E-state index contributed by atoms with van der Waals surface area (Å²) < 4.78 is 0. The predicted molar refractivity (Wildman–Crippen MR) is 86.9 cm³/mol. The van der Waals surface area contributed by atoms with Crippen molar-refractivity contribution in [2.45, 2.75) is 45.7 Å². The molecule has 0 aliphatic heterocycles.